The van der Waals surface area contributed by atoms with Gasteiger partial charge in [-0.15, -0.1) is 0 Å². The first-order chi connectivity index (χ1) is 10.2. The van der Waals surface area contributed by atoms with E-state index in [1.165, 1.54) is 23.2 Å². The zero-order valence-electron chi connectivity index (χ0n) is 12.5. The maximum Gasteiger partial charge on any atom is 0.0400 e. The number of likely N-dealkylation sites (tertiary alicyclic amines) is 1. The van der Waals surface area contributed by atoms with Crippen molar-refractivity contribution < 1.29 is 0 Å². The van der Waals surface area contributed by atoms with E-state index in [9.17, 15) is 0 Å². The third-order valence-electron chi connectivity index (χ3n) is 4.14. The van der Waals surface area contributed by atoms with Gasteiger partial charge in [-0.2, -0.15) is 0 Å². The van der Waals surface area contributed by atoms with Gasteiger partial charge in [0.15, 0.2) is 0 Å². The second-order valence-electron chi connectivity index (χ2n) is 5.93. The third kappa shape index (κ3) is 3.56. The fraction of sp³-hybridized carbons (Fsp3) is 0.333. The molecule has 2 aromatic rings. The van der Waals surface area contributed by atoms with Gasteiger partial charge in [0, 0.05) is 37.1 Å². The normalized spacial score (nSPS) is 18.8. The van der Waals surface area contributed by atoms with Crippen molar-refractivity contribution in [1.82, 2.24) is 4.90 Å². The molecule has 1 aliphatic rings. The summed E-state index contributed by atoms with van der Waals surface area (Å²) in [6.45, 7) is 5.39. The SMILES string of the molecule is Cc1ccc(N)cc1NC1CCN(Cc2ccccc2)C1. The summed E-state index contributed by atoms with van der Waals surface area (Å²) in [6, 6.07) is 17.3. The molecule has 110 valence electrons. The standard InChI is InChI=1S/C18H23N3/c1-14-7-8-16(19)11-18(14)20-17-9-10-21(13-17)12-15-5-3-2-4-6-15/h2-8,11,17,20H,9-10,12-13,19H2,1H3. The van der Waals surface area contributed by atoms with Gasteiger partial charge in [-0.1, -0.05) is 36.4 Å². The largest absolute Gasteiger partial charge is 0.399 e. The number of nitrogen functional groups attached to an aromatic ring is 1. The second-order valence-corrected chi connectivity index (χ2v) is 5.93. The van der Waals surface area contributed by atoms with Crippen molar-refractivity contribution in [2.45, 2.75) is 25.9 Å². The van der Waals surface area contributed by atoms with E-state index in [0.29, 0.717) is 6.04 Å². The summed E-state index contributed by atoms with van der Waals surface area (Å²) in [5.74, 6) is 0. The Bertz CT molecular complexity index is 595. The van der Waals surface area contributed by atoms with Gasteiger partial charge in [0.2, 0.25) is 0 Å². The number of rotatable bonds is 4. The minimum absolute atomic E-state index is 0.509. The van der Waals surface area contributed by atoms with Gasteiger partial charge in [-0.3, -0.25) is 4.90 Å². The van der Waals surface area contributed by atoms with E-state index in [-0.39, 0.29) is 0 Å². The molecule has 21 heavy (non-hydrogen) atoms. The first kappa shape index (κ1) is 14.0. The first-order valence-electron chi connectivity index (χ1n) is 7.59. The lowest BCUT2D eigenvalue weighted by atomic mass is 10.1. The minimum atomic E-state index is 0.509. The lowest BCUT2D eigenvalue weighted by molar-refractivity contribution is 0.328. The van der Waals surface area contributed by atoms with Gasteiger partial charge >= 0.3 is 0 Å². The Morgan fingerprint density at radius 2 is 2.00 bits per heavy atom. The summed E-state index contributed by atoms with van der Waals surface area (Å²) >= 11 is 0. The van der Waals surface area contributed by atoms with E-state index < -0.39 is 0 Å². The molecule has 0 aliphatic carbocycles. The van der Waals surface area contributed by atoms with Crippen molar-refractivity contribution in [2.75, 3.05) is 24.1 Å². The summed E-state index contributed by atoms with van der Waals surface area (Å²) in [6.07, 6.45) is 1.18. The molecule has 0 aromatic heterocycles. The fourth-order valence-electron chi connectivity index (χ4n) is 2.95. The molecule has 3 nitrogen and oxygen atoms in total. The molecule has 1 atom stereocenters. The van der Waals surface area contributed by atoms with Gasteiger partial charge in [0.25, 0.3) is 0 Å². The molecule has 1 saturated heterocycles. The molecule has 3 N–H and O–H groups in total. The van der Waals surface area contributed by atoms with Gasteiger partial charge in [0.05, 0.1) is 0 Å². The molecule has 0 bridgehead atoms. The Morgan fingerprint density at radius 1 is 1.19 bits per heavy atom. The van der Waals surface area contributed by atoms with Crippen LogP contribution in [0.4, 0.5) is 11.4 Å². The van der Waals surface area contributed by atoms with Gasteiger partial charge in [0.1, 0.15) is 0 Å². The fourth-order valence-corrected chi connectivity index (χ4v) is 2.95. The average molecular weight is 281 g/mol. The molecule has 0 radical (unpaired) electrons. The number of hydrogen-bond donors (Lipinski definition) is 2. The lowest BCUT2D eigenvalue weighted by Crippen LogP contribution is -2.26. The van der Waals surface area contributed by atoms with Crippen LogP contribution in [0.1, 0.15) is 17.5 Å². The second kappa shape index (κ2) is 6.19. The highest BCUT2D eigenvalue weighted by atomic mass is 15.2. The van der Waals surface area contributed by atoms with Gasteiger partial charge in [-0.25, -0.2) is 0 Å². The number of nitrogens with one attached hydrogen (secondary N) is 1. The number of aryl methyl sites for hydroxylation is 1. The quantitative estimate of drug-likeness (QED) is 0.845. The van der Waals surface area contributed by atoms with Crippen molar-refractivity contribution in [3.05, 3.63) is 59.7 Å². The van der Waals surface area contributed by atoms with E-state index in [1.54, 1.807) is 0 Å². The molecule has 1 heterocycles. The first-order valence-corrected chi connectivity index (χ1v) is 7.59. The van der Waals surface area contributed by atoms with Crippen LogP contribution in [0.3, 0.4) is 0 Å². The van der Waals surface area contributed by atoms with E-state index in [4.69, 9.17) is 5.73 Å². The number of hydrogen-bond acceptors (Lipinski definition) is 3. The Labute approximate surface area is 126 Å². The summed E-state index contributed by atoms with van der Waals surface area (Å²) < 4.78 is 0. The van der Waals surface area contributed by atoms with Crippen LogP contribution in [0, 0.1) is 6.92 Å². The van der Waals surface area contributed by atoms with Crippen molar-refractivity contribution in [3.63, 3.8) is 0 Å². The number of nitrogens with two attached hydrogens (primary N) is 1. The predicted molar refractivity (Wildman–Crippen MR) is 89.3 cm³/mol. The topological polar surface area (TPSA) is 41.3 Å². The predicted octanol–water partition coefficient (Wildman–Crippen LogP) is 3.26. The van der Waals surface area contributed by atoms with Crippen LogP contribution >= 0.6 is 0 Å². The third-order valence-corrected chi connectivity index (χ3v) is 4.14. The number of benzene rings is 2. The van der Waals surface area contributed by atoms with Crippen molar-refractivity contribution in [1.29, 1.82) is 0 Å². The highest BCUT2D eigenvalue weighted by Gasteiger charge is 2.22. The monoisotopic (exact) mass is 281 g/mol. The molecular weight excluding hydrogens is 258 g/mol. The maximum atomic E-state index is 5.88. The molecule has 0 amide bonds. The summed E-state index contributed by atoms with van der Waals surface area (Å²) in [5, 5.41) is 3.64. The van der Waals surface area contributed by atoms with E-state index in [1.807, 2.05) is 12.1 Å². The molecule has 3 heteroatoms. The molecule has 0 spiro atoms. The van der Waals surface area contributed by atoms with Crippen LogP contribution in [0.25, 0.3) is 0 Å². The van der Waals surface area contributed by atoms with Crippen LogP contribution < -0.4 is 11.1 Å². The summed E-state index contributed by atoms with van der Waals surface area (Å²) in [5.41, 5.74) is 10.5. The minimum Gasteiger partial charge on any atom is -0.399 e. The molecule has 1 fully saturated rings. The molecule has 2 aromatic carbocycles. The Balaban J connectivity index is 1.58. The number of anilines is 2. The van der Waals surface area contributed by atoms with Crippen LogP contribution in [0.2, 0.25) is 0 Å². The Morgan fingerprint density at radius 3 is 2.81 bits per heavy atom. The Hall–Kier alpha value is -2.00. The van der Waals surface area contributed by atoms with Gasteiger partial charge in [-0.05, 0) is 36.6 Å². The van der Waals surface area contributed by atoms with E-state index >= 15 is 0 Å². The van der Waals surface area contributed by atoms with Crippen molar-refractivity contribution in [2.24, 2.45) is 0 Å². The van der Waals surface area contributed by atoms with Crippen molar-refractivity contribution in [3.8, 4) is 0 Å². The van der Waals surface area contributed by atoms with Crippen LogP contribution in [-0.4, -0.2) is 24.0 Å². The van der Waals surface area contributed by atoms with Crippen molar-refractivity contribution >= 4 is 11.4 Å². The maximum absolute atomic E-state index is 5.88. The molecule has 1 unspecified atom stereocenters. The molecule has 3 rings (SSSR count). The molecular formula is C18H23N3. The Kier molecular flexibility index (Phi) is 4.11. The summed E-state index contributed by atoms with van der Waals surface area (Å²) in [7, 11) is 0. The van der Waals surface area contributed by atoms with Gasteiger partial charge < -0.3 is 11.1 Å². The van der Waals surface area contributed by atoms with Crippen LogP contribution in [-0.2, 0) is 6.54 Å². The zero-order valence-corrected chi connectivity index (χ0v) is 12.5. The number of nitrogens with zero attached hydrogens (tertiary/aromatic N) is 1. The highest BCUT2D eigenvalue weighted by molar-refractivity contribution is 5.59. The zero-order chi connectivity index (χ0) is 14.7. The average Bonchev–Trinajstić information content (AvgIpc) is 2.91. The van der Waals surface area contributed by atoms with E-state index in [0.717, 1.165) is 25.3 Å². The summed E-state index contributed by atoms with van der Waals surface area (Å²) in [4.78, 5) is 2.51. The smallest absolute Gasteiger partial charge is 0.0400 e. The van der Waals surface area contributed by atoms with Crippen LogP contribution in [0.5, 0.6) is 0 Å². The molecule has 1 aliphatic heterocycles. The van der Waals surface area contributed by atoms with Crippen LogP contribution in [0.15, 0.2) is 48.5 Å². The lowest BCUT2D eigenvalue weighted by Gasteiger charge is -2.18. The highest BCUT2D eigenvalue weighted by Crippen LogP contribution is 2.22. The van der Waals surface area contributed by atoms with E-state index in [2.05, 4.69) is 53.5 Å². The molecule has 0 saturated carbocycles.